The molecule has 2 rings (SSSR count). The van der Waals surface area contributed by atoms with Crippen LogP contribution >= 0.6 is 0 Å². The van der Waals surface area contributed by atoms with E-state index in [0.717, 1.165) is 24.9 Å². The summed E-state index contributed by atoms with van der Waals surface area (Å²) in [6.07, 6.45) is 2.88. The van der Waals surface area contributed by atoms with E-state index in [4.69, 9.17) is 10.5 Å². The molecule has 1 atom stereocenters. The molecule has 0 aromatic heterocycles. The first-order valence-electron chi connectivity index (χ1n) is 7.36. The van der Waals surface area contributed by atoms with Crippen LogP contribution in [0.15, 0.2) is 24.3 Å². The van der Waals surface area contributed by atoms with Crippen LogP contribution in [0.2, 0.25) is 0 Å². The molecule has 19 heavy (non-hydrogen) atoms. The van der Waals surface area contributed by atoms with Crippen molar-refractivity contribution in [3.05, 3.63) is 29.8 Å². The van der Waals surface area contributed by atoms with E-state index in [1.165, 1.54) is 18.4 Å². The molecule has 1 aromatic carbocycles. The number of hydrogen-bond donors (Lipinski definition) is 1. The SMILES string of the molecule is CCN(CC(N)c1ccc(OC(C)C)cc1)C1CC1. The molecule has 0 bridgehead atoms. The number of hydrogen-bond acceptors (Lipinski definition) is 3. The van der Waals surface area contributed by atoms with Crippen LogP contribution in [0.5, 0.6) is 5.75 Å². The molecule has 1 fully saturated rings. The lowest BCUT2D eigenvalue weighted by molar-refractivity contribution is 0.242. The highest BCUT2D eigenvalue weighted by Crippen LogP contribution is 2.28. The maximum Gasteiger partial charge on any atom is 0.119 e. The number of rotatable bonds is 7. The maximum absolute atomic E-state index is 6.31. The van der Waals surface area contributed by atoms with Crippen LogP contribution < -0.4 is 10.5 Å². The fourth-order valence-electron chi connectivity index (χ4n) is 2.40. The molecule has 0 amide bonds. The third-order valence-corrected chi connectivity index (χ3v) is 3.58. The first-order chi connectivity index (χ1) is 9.10. The summed E-state index contributed by atoms with van der Waals surface area (Å²) in [6.45, 7) is 8.33. The average Bonchev–Trinajstić information content (AvgIpc) is 3.20. The molecule has 106 valence electrons. The van der Waals surface area contributed by atoms with Gasteiger partial charge < -0.3 is 10.5 Å². The normalized spacial score (nSPS) is 16.9. The summed E-state index contributed by atoms with van der Waals surface area (Å²) >= 11 is 0. The quantitative estimate of drug-likeness (QED) is 0.821. The molecule has 0 aliphatic heterocycles. The van der Waals surface area contributed by atoms with Crippen molar-refractivity contribution in [1.82, 2.24) is 4.90 Å². The van der Waals surface area contributed by atoms with Crippen LogP contribution in [0.1, 0.15) is 45.2 Å². The van der Waals surface area contributed by atoms with Gasteiger partial charge in [0.1, 0.15) is 5.75 Å². The largest absolute Gasteiger partial charge is 0.491 e. The topological polar surface area (TPSA) is 38.5 Å². The second-order valence-electron chi connectivity index (χ2n) is 5.66. The molecule has 0 spiro atoms. The molecule has 2 N–H and O–H groups in total. The van der Waals surface area contributed by atoms with Crippen molar-refractivity contribution in [2.45, 2.75) is 51.8 Å². The summed E-state index contributed by atoms with van der Waals surface area (Å²) in [6, 6.07) is 9.07. The summed E-state index contributed by atoms with van der Waals surface area (Å²) < 4.78 is 5.65. The predicted molar refractivity (Wildman–Crippen MR) is 79.4 cm³/mol. The van der Waals surface area contributed by atoms with E-state index >= 15 is 0 Å². The number of ether oxygens (including phenoxy) is 1. The van der Waals surface area contributed by atoms with Crippen LogP contribution in [0.25, 0.3) is 0 Å². The van der Waals surface area contributed by atoms with Gasteiger partial charge in [-0.3, -0.25) is 4.90 Å². The number of nitrogens with zero attached hydrogens (tertiary/aromatic N) is 1. The van der Waals surface area contributed by atoms with E-state index in [-0.39, 0.29) is 12.1 Å². The van der Waals surface area contributed by atoms with E-state index in [1.54, 1.807) is 0 Å². The molecule has 1 saturated carbocycles. The summed E-state index contributed by atoms with van der Waals surface area (Å²) in [7, 11) is 0. The van der Waals surface area contributed by atoms with E-state index in [0.29, 0.717) is 0 Å². The molecule has 1 aliphatic rings. The van der Waals surface area contributed by atoms with Crippen LogP contribution in [0.4, 0.5) is 0 Å². The van der Waals surface area contributed by atoms with Gasteiger partial charge in [0.05, 0.1) is 6.10 Å². The first-order valence-corrected chi connectivity index (χ1v) is 7.36. The predicted octanol–water partition coefficient (Wildman–Crippen LogP) is 2.96. The van der Waals surface area contributed by atoms with E-state index in [9.17, 15) is 0 Å². The Labute approximate surface area is 116 Å². The van der Waals surface area contributed by atoms with Crippen LogP contribution in [-0.2, 0) is 0 Å². The zero-order valence-electron chi connectivity index (χ0n) is 12.3. The molecule has 3 nitrogen and oxygen atoms in total. The van der Waals surface area contributed by atoms with Crippen LogP contribution in [0, 0.1) is 0 Å². The van der Waals surface area contributed by atoms with Crippen molar-refractivity contribution in [2.75, 3.05) is 13.1 Å². The Morgan fingerprint density at radius 2 is 1.89 bits per heavy atom. The van der Waals surface area contributed by atoms with Gasteiger partial charge in [0.15, 0.2) is 0 Å². The second-order valence-corrected chi connectivity index (χ2v) is 5.66. The minimum absolute atomic E-state index is 0.0913. The number of nitrogens with two attached hydrogens (primary N) is 1. The molecule has 0 radical (unpaired) electrons. The zero-order valence-corrected chi connectivity index (χ0v) is 12.3. The highest BCUT2D eigenvalue weighted by Gasteiger charge is 2.28. The Bertz CT molecular complexity index is 384. The van der Waals surface area contributed by atoms with Gasteiger partial charge in [-0.2, -0.15) is 0 Å². The lowest BCUT2D eigenvalue weighted by Crippen LogP contribution is -2.33. The second kappa shape index (κ2) is 6.40. The van der Waals surface area contributed by atoms with Crippen molar-refractivity contribution < 1.29 is 4.74 Å². The molecule has 1 aliphatic carbocycles. The highest BCUT2D eigenvalue weighted by atomic mass is 16.5. The van der Waals surface area contributed by atoms with Gasteiger partial charge in [0, 0.05) is 18.6 Å². The van der Waals surface area contributed by atoms with Crippen molar-refractivity contribution in [3.8, 4) is 5.75 Å². The van der Waals surface area contributed by atoms with E-state index in [1.807, 2.05) is 26.0 Å². The standard InChI is InChI=1S/C16H26N2O/c1-4-18(14-7-8-14)11-16(17)13-5-9-15(10-6-13)19-12(2)3/h5-6,9-10,12,14,16H,4,7-8,11,17H2,1-3H3. The fourth-order valence-corrected chi connectivity index (χ4v) is 2.40. The van der Waals surface area contributed by atoms with Crippen LogP contribution in [0.3, 0.4) is 0 Å². The van der Waals surface area contributed by atoms with Gasteiger partial charge >= 0.3 is 0 Å². The summed E-state index contributed by atoms with van der Waals surface area (Å²) in [5.74, 6) is 0.917. The van der Waals surface area contributed by atoms with Gasteiger partial charge in [-0.1, -0.05) is 19.1 Å². The van der Waals surface area contributed by atoms with E-state index in [2.05, 4.69) is 24.0 Å². The molecule has 1 unspecified atom stereocenters. The number of likely N-dealkylation sites (N-methyl/N-ethyl adjacent to an activating group) is 1. The first kappa shape index (κ1) is 14.4. The third kappa shape index (κ3) is 4.22. The lowest BCUT2D eigenvalue weighted by atomic mass is 10.1. The zero-order chi connectivity index (χ0) is 13.8. The Morgan fingerprint density at radius 3 is 2.37 bits per heavy atom. The Morgan fingerprint density at radius 1 is 1.26 bits per heavy atom. The van der Waals surface area contributed by atoms with Crippen molar-refractivity contribution in [2.24, 2.45) is 5.73 Å². The monoisotopic (exact) mass is 262 g/mol. The van der Waals surface area contributed by atoms with Gasteiger partial charge in [-0.15, -0.1) is 0 Å². The minimum Gasteiger partial charge on any atom is -0.491 e. The van der Waals surface area contributed by atoms with Crippen molar-refractivity contribution in [1.29, 1.82) is 0 Å². The molecule has 3 heteroatoms. The molecular weight excluding hydrogens is 236 g/mol. The Hall–Kier alpha value is -1.06. The van der Waals surface area contributed by atoms with Gasteiger partial charge in [-0.05, 0) is 50.9 Å². The summed E-state index contributed by atoms with van der Waals surface area (Å²) in [5, 5.41) is 0. The van der Waals surface area contributed by atoms with Crippen molar-refractivity contribution in [3.63, 3.8) is 0 Å². The average molecular weight is 262 g/mol. The smallest absolute Gasteiger partial charge is 0.119 e. The van der Waals surface area contributed by atoms with Crippen molar-refractivity contribution >= 4 is 0 Å². The fraction of sp³-hybridized carbons (Fsp3) is 0.625. The molecule has 0 heterocycles. The molecular formula is C16H26N2O. The van der Waals surface area contributed by atoms with Gasteiger partial charge in [-0.25, -0.2) is 0 Å². The molecule has 0 saturated heterocycles. The summed E-state index contributed by atoms with van der Waals surface area (Å²) in [5.41, 5.74) is 7.50. The highest BCUT2D eigenvalue weighted by molar-refractivity contribution is 5.29. The van der Waals surface area contributed by atoms with Gasteiger partial charge in [0.2, 0.25) is 0 Å². The van der Waals surface area contributed by atoms with Crippen LogP contribution in [-0.4, -0.2) is 30.1 Å². The minimum atomic E-state index is 0.0913. The molecule has 1 aromatic rings. The number of benzene rings is 1. The Kier molecular flexibility index (Phi) is 4.83. The maximum atomic E-state index is 6.31. The Balaban J connectivity index is 1.92. The van der Waals surface area contributed by atoms with Gasteiger partial charge in [0.25, 0.3) is 0 Å². The third-order valence-electron chi connectivity index (χ3n) is 3.58. The van der Waals surface area contributed by atoms with E-state index < -0.39 is 0 Å². The summed E-state index contributed by atoms with van der Waals surface area (Å²) in [4.78, 5) is 2.49. The lowest BCUT2D eigenvalue weighted by Gasteiger charge is -2.24.